The van der Waals surface area contributed by atoms with Gasteiger partial charge in [-0.1, -0.05) is 32.4 Å². The van der Waals surface area contributed by atoms with Gasteiger partial charge in [-0.05, 0) is 120 Å². The number of hydrogen-bond acceptors (Lipinski definition) is 20. The van der Waals surface area contributed by atoms with E-state index in [4.69, 9.17) is 59.0 Å². The molecule has 5 fully saturated rings. The predicted octanol–water partition coefficient (Wildman–Crippen LogP) is 5.83. The fourth-order valence-corrected chi connectivity index (χ4v) is 13.1. The third-order valence-electron chi connectivity index (χ3n) is 17.5. The van der Waals surface area contributed by atoms with E-state index in [0.717, 1.165) is 12.8 Å². The normalized spacial score (nSPS) is 37.5. The van der Waals surface area contributed by atoms with Gasteiger partial charge in [0.05, 0.1) is 77.6 Å². The largest absolute Gasteiger partial charge is 0.509 e. The number of fused-ring (bicyclic) bond motifs is 2. The summed E-state index contributed by atoms with van der Waals surface area (Å²) in [4.78, 5) is 56.7. The number of hydrogen-bond donors (Lipinski definition) is 5. The van der Waals surface area contributed by atoms with Gasteiger partial charge >= 0.3 is 18.1 Å². The van der Waals surface area contributed by atoms with Crippen molar-refractivity contribution in [2.45, 2.75) is 204 Å². The Balaban J connectivity index is 1.01. The number of aromatic nitrogens is 1. The van der Waals surface area contributed by atoms with Crippen molar-refractivity contribution in [1.29, 1.82) is 0 Å². The molecule has 23 heteroatoms. The molecule has 5 heterocycles. The van der Waals surface area contributed by atoms with Gasteiger partial charge in [0.25, 0.3) is 0 Å². The maximum atomic E-state index is 14.8. The average Bonchev–Trinajstić information content (AvgIpc) is 4.26. The van der Waals surface area contributed by atoms with Crippen LogP contribution >= 0.6 is 11.6 Å². The molecular weight excluding hydrogens is 1070 g/mol. The number of carboxylic acid groups (broad SMARTS) is 1. The van der Waals surface area contributed by atoms with E-state index in [1.165, 1.54) is 6.20 Å². The summed E-state index contributed by atoms with van der Waals surface area (Å²) in [5.41, 5.74) is -3.58. The molecular formula is C58H92ClN5O17. The highest BCUT2D eigenvalue weighted by atomic mass is 35.5. The van der Waals surface area contributed by atoms with Crippen LogP contribution in [0.5, 0.6) is 0 Å². The number of pyridine rings is 1. The Kier molecular flexibility index (Phi) is 21.7. The van der Waals surface area contributed by atoms with E-state index in [9.17, 15) is 34.5 Å². The van der Waals surface area contributed by atoms with Crippen LogP contribution in [0.2, 0.25) is 5.02 Å². The SMILES string of the molecule is CC[C@@H]1OC(=O)[C@H](C)[C@@H](O[C@H]2C[C@@](C)(OC)[C@@H](OCCNCCOCCNc3cc4c(=O)c(C(=O)O)cn(C5CC5)c4cc3Cl)[C@H](C)O2)[C@@H](C)[C@H](O[C@@H]2O[C@H](C)C[C@H](N(C)C)[C@H]2O)[C@](C)(O)C[C@H](C)CN(C)[C@H](C)[C@H]2OC(=O)O[C@]12C. The number of cyclic esters (lactones) is 1. The van der Waals surface area contributed by atoms with Crippen molar-refractivity contribution in [3.63, 3.8) is 0 Å². The first-order valence-corrected chi connectivity index (χ1v) is 29.3. The van der Waals surface area contributed by atoms with Crippen LogP contribution in [0.25, 0.3) is 10.9 Å². The number of nitrogens with zero attached hydrogens (tertiary/aromatic N) is 3. The number of esters is 1. The van der Waals surface area contributed by atoms with Gasteiger partial charge < -0.3 is 82.8 Å². The van der Waals surface area contributed by atoms with Crippen molar-refractivity contribution in [2.75, 3.05) is 79.6 Å². The minimum Gasteiger partial charge on any atom is -0.477 e. The summed E-state index contributed by atoms with van der Waals surface area (Å²) in [5.74, 6) is -3.86. The van der Waals surface area contributed by atoms with E-state index in [2.05, 4.69) is 15.5 Å². The van der Waals surface area contributed by atoms with Gasteiger partial charge in [0, 0.05) is 75.3 Å². The standard InChI is InChI=1S/C58H92ClN5O17/c1-15-44-58(10)50(80-55(70)81-58)35(6)63(13)29-31(2)27-56(8,71)49(79-54-47(66)43(62(11)12)24-32(3)75-54)33(4)48(34(5)53(69)77-44)78-45-28-57(9,72-14)51(36(7)76-45)74-23-19-60-18-21-73-22-20-61-41-25-38-42(26-40(41)59)64(37-16-17-37)30-39(46(38)65)52(67)68/h25-26,30-37,43-45,47-51,54,60-61,66,71H,15-24,27-29H2,1-14H3,(H,67,68)/t31-,32+,33+,34+,35+,36-,43-,44-,45-,47+,48-,49-,50+,51-,54-,56+,57+,58+/m0/s1. The second-order valence-electron chi connectivity index (χ2n) is 24.4. The third-order valence-corrected chi connectivity index (χ3v) is 17.8. The quantitative estimate of drug-likeness (QED) is 0.0772. The van der Waals surface area contributed by atoms with E-state index >= 15 is 0 Å². The van der Waals surface area contributed by atoms with Crippen molar-refractivity contribution < 1.29 is 77.1 Å². The Morgan fingerprint density at radius 3 is 2.28 bits per heavy atom. The van der Waals surface area contributed by atoms with E-state index in [1.807, 2.05) is 79.1 Å². The number of benzene rings is 1. The maximum Gasteiger partial charge on any atom is 0.509 e. The van der Waals surface area contributed by atoms with Gasteiger partial charge in [-0.3, -0.25) is 14.5 Å². The first kappa shape index (κ1) is 64.8. The van der Waals surface area contributed by atoms with Gasteiger partial charge in [-0.25, -0.2) is 9.59 Å². The summed E-state index contributed by atoms with van der Waals surface area (Å²) in [7, 11) is 7.30. The summed E-state index contributed by atoms with van der Waals surface area (Å²) < 4.78 is 65.4. The van der Waals surface area contributed by atoms with Gasteiger partial charge in [-0.15, -0.1) is 0 Å². The molecule has 18 atom stereocenters. The lowest BCUT2D eigenvalue weighted by Crippen LogP contribution is -2.61. The minimum absolute atomic E-state index is 0.143. The van der Waals surface area contributed by atoms with E-state index in [-0.39, 0.29) is 48.6 Å². The molecule has 4 saturated heterocycles. The molecule has 0 bridgehead atoms. The molecule has 22 nitrogen and oxygen atoms in total. The van der Waals surface area contributed by atoms with Crippen LogP contribution in [0, 0.1) is 17.8 Å². The van der Waals surface area contributed by atoms with E-state index < -0.39 is 107 Å². The predicted molar refractivity (Wildman–Crippen MR) is 302 cm³/mol. The highest BCUT2D eigenvalue weighted by molar-refractivity contribution is 6.34. The molecule has 1 saturated carbocycles. The lowest BCUT2D eigenvalue weighted by molar-refractivity contribution is -0.320. The molecule has 1 aliphatic carbocycles. The number of methoxy groups -OCH3 is 1. The molecule has 7 rings (SSSR count). The Labute approximate surface area is 481 Å². The number of likely N-dealkylation sites (N-methyl/N-ethyl adjacent to an activating group) is 2. The second kappa shape index (κ2) is 27.1. The Hall–Kier alpha value is -3.75. The van der Waals surface area contributed by atoms with Crippen LogP contribution in [0.4, 0.5) is 10.5 Å². The van der Waals surface area contributed by atoms with Crippen LogP contribution < -0.4 is 16.1 Å². The fourth-order valence-electron chi connectivity index (χ4n) is 12.8. The summed E-state index contributed by atoms with van der Waals surface area (Å²) in [5, 5.41) is 41.6. The molecule has 0 amide bonds. The van der Waals surface area contributed by atoms with Gasteiger partial charge in [0.2, 0.25) is 5.43 Å². The number of nitrogens with one attached hydrogen (secondary N) is 2. The van der Waals surface area contributed by atoms with Crippen molar-refractivity contribution in [1.82, 2.24) is 19.7 Å². The summed E-state index contributed by atoms with van der Waals surface area (Å²) >= 11 is 6.62. The van der Waals surface area contributed by atoms with Crippen LogP contribution in [0.1, 0.15) is 124 Å². The number of aliphatic hydroxyl groups excluding tert-OH is 1. The smallest absolute Gasteiger partial charge is 0.477 e. The molecule has 5 N–H and O–H groups in total. The Morgan fingerprint density at radius 2 is 1.63 bits per heavy atom. The van der Waals surface area contributed by atoms with Crippen LogP contribution in [-0.2, 0) is 52.2 Å². The van der Waals surface area contributed by atoms with Crippen LogP contribution in [0.3, 0.4) is 0 Å². The van der Waals surface area contributed by atoms with Crippen molar-refractivity contribution in [3.05, 3.63) is 39.1 Å². The second-order valence-corrected chi connectivity index (χ2v) is 24.8. The molecule has 4 aliphatic heterocycles. The first-order valence-electron chi connectivity index (χ1n) is 28.9. The molecule has 0 radical (unpaired) electrons. The monoisotopic (exact) mass is 1170 g/mol. The number of aliphatic hydroxyl groups is 2. The third kappa shape index (κ3) is 14.8. The average molecular weight is 1170 g/mol. The van der Waals surface area contributed by atoms with Crippen molar-refractivity contribution >= 4 is 46.3 Å². The topological polar surface area (TPSA) is 257 Å². The van der Waals surface area contributed by atoms with Crippen LogP contribution in [0.15, 0.2) is 23.1 Å². The highest BCUT2D eigenvalue weighted by Crippen LogP contribution is 2.43. The Bertz CT molecular complexity index is 2540. The zero-order valence-electron chi connectivity index (χ0n) is 49.9. The summed E-state index contributed by atoms with van der Waals surface area (Å²) in [6, 6.07) is 2.77. The molecule has 5 aliphatic rings. The summed E-state index contributed by atoms with van der Waals surface area (Å²) in [6.07, 6.45) is -4.75. The molecule has 458 valence electrons. The number of ether oxygens (including phenoxy) is 10. The molecule has 0 unspecified atom stereocenters. The number of anilines is 1. The zero-order valence-corrected chi connectivity index (χ0v) is 50.7. The fraction of sp³-hybridized carbons (Fsp3) is 0.793. The van der Waals surface area contributed by atoms with E-state index in [0.29, 0.717) is 80.5 Å². The summed E-state index contributed by atoms with van der Waals surface area (Å²) in [6.45, 7) is 21.5. The lowest BCUT2D eigenvalue weighted by atomic mass is 9.77. The minimum atomic E-state index is -1.59. The zero-order chi connectivity index (χ0) is 59.5. The van der Waals surface area contributed by atoms with Gasteiger partial charge in [-0.2, -0.15) is 0 Å². The van der Waals surface area contributed by atoms with Crippen molar-refractivity contribution in [3.8, 4) is 0 Å². The Morgan fingerprint density at radius 1 is 0.938 bits per heavy atom. The number of carbonyl (C=O) groups excluding carboxylic acids is 2. The molecule has 1 aromatic carbocycles. The van der Waals surface area contributed by atoms with Gasteiger partial charge in [0.1, 0.15) is 23.9 Å². The molecule has 0 spiro atoms. The van der Waals surface area contributed by atoms with Gasteiger partial charge in [0.15, 0.2) is 24.3 Å². The molecule has 1 aromatic heterocycles. The number of carbonyl (C=O) groups is 3. The first-order chi connectivity index (χ1) is 38.1. The van der Waals surface area contributed by atoms with E-state index in [1.54, 1.807) is 40.0 Å². The highest BCUT2D eigenvalue weighted by Gasteiger charge is 2.58. The number of rotatable bonds is 20. The van der Waals surface area contributed by atoms with Crippen LogP contribution in [-0.4, -0.2) is 212 Å². The number of aromatic carboxylic acids is 1. The van der Waals surface area contributed by atoms with Crippen molar-refractivity contribution in [2.24, 2.45) is 17.8 Å². The maximum absolute atomic E-state index is 14.8. The number of carboxylic acids is 1. The molecule has 2 aromatic rings. The number of halogens is 1. The molecule has 81 heavy (non-hydrogen) atoms. The lowest BCUT2D eigenvalue weighted by Gasteiger charge is -2.49.